The highest BCUT2D eigenvalue weighted by Crippen LogP contribution is 2.39. The molecule has 0 bridgehead atoms. The van der Waals surface area contributed by atoms with Gasteiger partial charge < -0.3 is 20.9 Å². The molecule has 0 fully saturated rings. The lowest BCUT2D eigenvalue weighted by molar-refractivity contribution is -0.112. The molecule has 37 heavy (non-hydrogen) atoms. The van der Waals surface area contributed by atoms with Crippen LogP contribution in [-0.2, 0) is 9.53 Å². The highest BCUT2D eigenvalue weighted by molar-refractivity contribution is 6.01. The van der Waals surface area contributed by atoms with E-state index in [2.05, 4.69) is 10.6 Å². The average Bonchev–Trinajstić information content (AvgIpc) is 2.88. The van der Waals surface area contributed by atoms with Gasteiger partial charge in [0, 0.05) is 10.8 Å². The van der Waals surface area contributed by atoms with Gasteiger partial charge in [0.15, 0.2) is 0 Å². The number of aromatic hydroxyl groups is 1. The SMILES string of the molecule is CC(C)(/C=C/C(=O)Nc1ccccc1N)[C@H](OC(=O)Nc1cccc2ccccc12)c1ccc(O)cc1. The Labute approximate surface area is 215 Å². The van der Waals surface area contributed by atoms with E-state index in [4.69, 9.17) is 10.5 Å². The van der Waals surface area contributed by atoms with Gasteiger partial charge in [0.2, 0.25) is 5.91 Å². The molecule has 0 aromatic heterocycles. The zero-order valence-electron chi connectivity index (χ0n) is 20.6. The molecule has 0 aliphatic carbocycles. The van der Waals surface area contributed by atoms with Crippen LogP contribution in [-0.4, -0.2) is 17.1 Å². The number of phenols is 1. The summed E-state index contributed by atoms with van der Waals surface area (Å²) in [5, 5.41) is 17.2. The molecule has 5 N–H and O–H groups in total. The normalized spacial score (nSPS) is 12.3. The van der Waals surface area contributed by atoms with E-state index in [1.807, 2.05) is 56.3 Å². The number of anilines is 3. The molecule has 4 rings (SSSR count). The third-order valence-corrected chi connectivity index (χ3v) is 6.01. The summed E-state index contributed by atoms with van der Waals surface area (Å²) >= 11 is 0. The van der Waals surface area contributed by atoms with Crippen LogP contribution in [0.4, 0.5) is 21.9 Å². The number of nitrogens with two attached hydrogens (primary N) is 1. The van der Waals surface area contributed by atoms with Crippen LogP contribution in [0.25, 0.3) is 10.8 Å². The van der Waals surface area contributed by atoms with Crippen molar-refractivity contribution in [1.82, 2.24) is 0 Å². The van der Waals surface area contributed by atoms with Crippen LogP contribution in [0.3, 0.4) is 0 Å². The quantitative estimate of drug-likeness (QED) is 0.170. The summed E-state index contributed by atoms with van der Waals surface area (Å²) in [7, 11) is 0. The number of amides is 2. The number of phenolic OH excluding ortho intramolecular Hbond substituents is 1. The molecule has 7 heteroatoms. The van der Waals surface area contributed by atoms with Crippen molar-refractivity contribution >= 4 is 39.8 Å². The predicted octanol–water partition coefficient (Wildman–Crippen LogP) is 6.64. The van der Waals surface area contributed by atoms with Crippen LogP contribution < -0.4 is 16.4 Å². The van der Waals surface area contributed by atoms with Crippen LogP contribution in [0, 0.1) is 5.41 Å². The summed E-state index contributed by atoms with van der Waals surface area (Å²) in [6, 6.07) is 26.8. The minimum atomic E-state index is -0.799. The van der Waals surface area contributed by atoms with Gasteiger partial charge in [-0.3, -0.25) is 10.1 Å². The Morgan fingerprint density at radius 3 is 2.27 bits per heavy atom. The van der Waals surface area contributed by atoms with E-state index in [0.29, 0.717) is 22.6 Å². The third-order valence-electron chi connectivity index (χ3n) is 6.01. The van der Waals surface area contributed by atoms with Crippen LogP contribution >= 0.6 is 0 Å². The lowest BCUT2D eigenvalue weighted by Crippen LogP contribution is -2.28. The van der Waals surface area contributed by atoms with Gasteiger partial charge in [-0.25, -0.2) is 4.79 Å². The molecule has 4 aromatic carbocycles. The Morgan fingerprint density at radius 1 is 0.865 bits per heavy atom. The fraction of sp³-hybridized carbons (Fsp3) is 0.133. The number of hydrogen-bond acceptors (Lipinski definition) is 5. The Balaban J connectivity index is 1.56. The number of carbonyl (C=O) groups excluding carboxylic acids is 2. The smallest absolute Gasteiger partial charge is 0.412 e. The Hall–Kier alpha value is -4.78. The van der Waals surface area contributed by atoms with Crippen molar-refractivity contribution in [3.8, 4) is 5.75 Å². The molecule has 7 nitrogen and oxygen atoms in total. The second kappa shape index (κ2) is 10.9. The van der Waals surface area contributed by atoms with E-state index < -0.39 is 17.6 Å². The van der Waals surface area contributed by atoms with Gasteiger partial charge in [0.25, 0.3) is 0 Å². The molecule has 188 valence electrons. The monoisotopic (exact) mass is 495 g/mol. The highest BCUT2D eigenvalue weighted by Gasteiger charge is 2.32. The van der Waals surface area contributed by atoms with Gasteiger partial charge in [0.1, 0.15) is 11.9 Å². The molecule has 0 aliphatic heterocycles. The second-order valence-electron chi connectivity index (χ2n) is 9.26. The van der Waals surface area contributed by atoms with Crippen molar-refractivity contribution in [2.75, 3.05) is 16.4 Å². The van der Waals surface area contributed by atoms with E-state index in [9.17, 15) is 14.7 Å². The first kappa shape index (κ1) is 25.3. The molecule has 0 aliphatic rings. The van der Waals surface area contributed by atoms with Gasteiger partial charge in [-0.05, 0) is 47.4 Å². The van der Waals surface area contributed by atoms with E-state index in [0.717, 1.165) is 10.8 Å². The van der Waals surface area contributed by atoms with E-state index in [-0.39, 0.29) is 11.7 Å². The molecule has 0 spiro atoms. The fourth-order valence-electron chi connectivity index (χ4n) is 4.04. The highest BCUT2D eigenvalue weighted by atomic mass is 16.6. The van der Waals surface area contributed by atoms with Gasteiger partial charge >= 0.3 is 6.09 Å². The average molecular weight is 496 g/mol. The summed E-state index contributed by atoms with van der Waals surface area (Å²) in [5.74, 6) is -0.272. The second-order valence-corrected chi connectivity index (χ2v) is 9.26. The summed E-state index contributed by atoms with van der Waals surface area (Å²) in [6.07, 6.45) is 1.67. The van der Waals surface area contributed by atoms with Crippen molar-refractivity contribution < 1.29 is 19.4 Å². The minimum Gasteiger partial charge on any atom is -0.508 e. The zero-order chi connectivity index (χ0) is 26.4. The third kappa shape index (κ3) is 6.27. The van der Waals surface area contributed by atoms with E-state index in [1.54, 1.807) is 42.5 Å². The number of para-hydroxylation sites is 2. The first-order chi connectivity index (χ1) is 17.7. The Kier molecular flexibility index (Phi) is 7.44. The first-order valence-electron chi connectivity index (χ1n) is 11.8. The first-order valence-corrected chi connectivity index (χ1v) is 11.8. The van der Waals surface area contributed by atoms with E-state index >= 15 is 0 Å². The summed E-state index contributed by atoms with van der Waals surface area (Å²) < 4.78 is 5.93. The van der Waals surface area contributed by atoms with Crippen molar-refractivity contribution in [3.63, 3.8) is 0 Å². The lowest BCUT2D eigenvalue weighted by atomic mass is 9.82. The topological polar surface area (TPSA) is 114 Å². The lowest BCUT2D eigenvalue weighted by Gasteiger charge is -2.31. The number of nitrogens with one attached hydrogen (secondary N) is 2. The molecule has 0 radical (unpaired) electrons. The largest absolute Gasteiger partial charge is 0.508 e. The molecule has 0 saturated heterocycles. The number of carbonyl (C=O) groups is 2. The molecule has 1 atom stereocenters. The van der Waals surface area contributed by atoms with Crippen LogP contribution in [0.5, 0.6) is 5.75 Å². The number of ether oxygens (including phenoxy) is 1. The maximum Gasteiger partial charge on any atom is 0.412 e. The van der Waals surface area contributed by atoms with Crippen molar-refractivity contribution in [3.05, 3.63) is 109 Å². The molecular weight excluding hydrogens is 466 g/mol. The number of hydrogen-bond donors (Lipinski definition) is 4. The zero-order valence-corrected chi connectivity index (χ0v) is 20.6. The van der Waals surface area contributed by atoms with Gasteiger partial charge in [0.05, 0.1) is 17.1 Å². The molecular formula is C30H29N3O4. The number of nitrogen functional groups attached to an aromatic ring is 1. The Bertz CT molecular complexity index is 1440. The van der Waals surface area contributed by atoms with E-state index in [1.165, 1.54) is 18.2 Å². The van der Waals surface area contributed by atoms with Crippen molar-refractivity contribution in [1.29, 1.82) is 0 Å². The minimum absolute atomic E-state index is 0.0934. The molecule has 0 unspecified atom stereocenters. The number of fused-ring (bicyclic) bond motifs is 1. The molecule has 0 saturated carbocycles. The maximum absolute atomic E-state index is 13.1. The van der Waals surface area contributed by atoms with Gasteiger partial charge in [-0.15, -0.1) is 0 Å². The van der Waals surface area contributed by atoms with Crippen molar-refractivity contribution in [2.45, 2.75) is 20.0 Å². The van der Waals surface area contributed by atoms with Crippen LogP contribution in [0.2, 0.25) is 0 Å². The summed E-state index contributed by atoms with van der Waals surface area (Å²) in [4.78, 5) is 25.7. The van der Waals surface area contributed by atoms with Crippen LogP contribution in [0.1, 0.15) is 25.5 Å². The maximum atomic E-state index is 13.1. The predicted molar refractivity (Wildman–Crippen MR) is 147 cm³/mol. The number of rotatable bonds is 7. The fourth-order valence-corrected chi connectivity index (χ4v) is 4.04. The summed E-state index contributed by atoms with van der Waals surface area (Å²) in [6.45, 7) is 3.72. The molecule has 4 aromatic rings. The molecule has 0 heterocycles. The standard InChI is InChI=1S/C30H29N3O4/c1-30(2,19-18-27(35)32-26-12-6-5-11-24(26)31)28(21-14-16-22(34)17-15-21)37-29(36)33-25-13-7-9-20-8-3-4-10-23(20)25/h3-19,28,34H,31H2,1-2H3,(H,32,35)(H,33,36)/b19-18+/t28-/m1/s1. The van der Waals surface area contributed by atoms with Gasteiger partial charge in [-0.2, -0.15) is 0 Å². The number of benzene rings is 4. The Morgan fingerprint density at radius 2 is 1.51 bits per heavy atom. The summed E-state index contributed by atoms with van der Waals surface area (Å²) in [5.41, 5.74) is 7.37. The van der Waals surface area contributed by atoms with Gasteiger partial charge in [-0.1, -0.05) is 80.6 Å². The molecule has 2 amide bonds. The van der Waals surface area contributed by atoms with Crippen LogP contribution in [0.15, 0.2) is 103 Å². The van der Waals surface area contributed by atoms with Crippen molar-refractivity contribution in [2.24, 2.45) is 5.41 Å².